The van der Waals surface area contributed by atoms with Crippen molar-refractivity contribution < 1.29 is 19.0 Å². The largest absolute Gasteiger partial charge is 0.444 e. The number of ether oxygens (including phenoxy) is 3. The number of rotatable bonds is 6. The minimum absolute atomic E-state index is 0.216. The van der Waals surface area contributed by atoms with Crippen LogP contribution in [0.25, 0.3) is 0 Å². The summed E-state index contributed by atoms with van der Waals surface area (Å²) in [4.78, 5) is 14.2. The van der Waals surface area contributed by atoms with Crippen LogP contribution in [-0.2, 0) is 14.2 Å². The maximum absolute atomic E-state index is 12.3. The first-order valence-electron chi connectivity index (χ1n) is 9.65. The predicted octanol–water partition coefficient (Wildman–Crippen LogP) is 4.87. The van der Waals surface area contributed by atoms with E-state index in [1.165, 1.54) is 5.56 Å². The Morgan fingerprint density at radius 2 is 1.77 bits per heavy atom. The number of benzene rings is 1. The molecule has 0 bridgehead atoms. The maximum Gasteiger partial charge on any atom is 0.410 e. The van der Waals surface area contributed by atoms with Crippen molar-refractivity contribution in [3.63, 3.8) is 0 Å². The molecule has 0 saturated carbocycles. The second kappa shape index (κ2) is 9.38. The number of hydrogen-bond acceptors (Lipinski definition) is 4. The first kappa shape index (κ1) is 20.7. The van der Waals surface area contributed by atoms with Gasteiger partial charge in [-0.1, -0.05) is 24.3 Å². The van der Waals surface area contributed by atoms with Crippen LogP contribution < -0.4 is 0 Å². The molecule has 0 N–H and O–H groups in total. The van der Waals surface area contributed by atoms with Crippen molar-refractivity contribution in [3.8, 4) is 0 Å². The van der Waals surface area contributed by atoms with Crippen LogP contribution in [0, 0.1) is 0 Å². The average Bonchev–Trinajstić information content (AvgIpc) is 2.60. The van der Waals surface area contributed by atoms with E-state index >= 15 is 0 Å². The van der Waals surface area contributed by atoms with E-state index in [1.54, 1.807) is 0 Å². The van der Waals surface area contributed by atoms with E-state index in [0.29, 0.717) is 25.7 Å². The molecule has 0 aromatic heterocycles. The van der Waals surface area contributed by atoms with Crippen molar-refractivity contribution in [2.45, 2.75) is 65.3 Å². The molecule has 1 aromatic rings. The molecule has 26 heavy (non-hydrogen) atoms. The van der Waals surface area contributed by atoms with Gasteiger partial charge in [-0.2, -0.15) is 0 Å². The summed E-state index contributed by atoms with van der Waals surface area (Å²) in [6.45, 7) is 12.3. The predicted molar refractivity (Wildman–Crippen MR) is 102 cm³/mol. The molecular formula is C21H33NO4. The Labute approximate surface area is 157 Å². The van der Waals surface area contributed by atoms with Crippen molar-refractivity contribution in [2.75, 3.05) is 26.3 Å². The summed E-state index contributed by atoms with van der Waals surface area (Å²) in [6.07, 6.45) is 1.54. The van der Waals surface area contributed by atoms with Crippen LogP contribution in [0.5, 0.6) is 0 Å². The Hall–Kier alpha value is -1.59. The van der Waals surface area contributed by atoms with Gasteiger partial charge in [-0.3, -0.25) is 0 Å². The minimum atomic E-state index is -0.459. The Morgan fingerprint density at radius 1 is 1.15 bits per heavy atom. The van der Waals surface area contributed by atoms with Crippen molar-refractivity contribution >= 4 is 6.09 Å². The van der Waals surface area contributed by atoms with Gasteiger partial charge in [0.15, 0.2) is 6.29 Å². The third kappa shape index (κ3) is 5.99. The SMILES string of the molecule is CCOC(OCC)c1ccc([C@H]2CCCN(C(=O)OC(C)(C)C)C2)cc1. The van der Waals surface area contributed by atoms with E-state index < -0.39 is 5.60 Å². The number of carbonyl (C=O) groups excluding carboxylic acids is 1. The third-order valence-electron chi connectivity index (χ3n) is 4.39. The number of piperidine rings is 1. The van der Waals surface area contributed by atoms with Gasteiger partial charge < -0.3 is 19.1 Å². The van der Waals surface area contributed by atoms with Crippen LogP contribution >= 0.6 is 0 Å². The second-order valence-corrected chi connectivity index (χ2v) is 7.67. The lowest BCUT2D eigenvalue weighted by Gasteiger charge is -2.34. The Bertz CT molecular complexity index is 558. The fourth-order valence-corrected chi connectivity index (χ4v) is 3.21. The smallest absolute Gasteiger partial charge is 0.410 e. The monoisotopic (exact) mass is 363 g/mol. The molecule has 1 atom stereocenters. The van der Waals surface area contributed by atoms with Crippen molar-refractivity contribution in [3.05, 3.63) is 35.4 Å². The first-order chi connectivity index (χ1) is 12.3. The van der Waals surface area contributed by atoms with Gasteiger partial charge in [-0.15, -0.1) is 0 Å². The van der Waals surface area contributed by atoms with Crippen LogP contribution in [0.1, 0.15) is 70.8 Å². The normalized spacial score (nSPS) is 18.2. The number of carbonyl (C=O) groups is 1. The van der Waals surface area contributed by atoms with Gasteiger partial charge in [0.05, 0.1) is 0 Å². The van der Waals surface area contributed by atoms with Gasteiger partial charge in [0, 0.05) is 37.8 Å². The second-order valence-electron chi connectivity index (χ2n) is 7.67. The van der Waals surface area contributed by atoms with E-state index in [-0.39, 0.29) is 12.4 Å². The molecule has 5 heteroatoms. The number of hydrogen-bond donors (Lipinski definition) is 0. The topological polar surface area (TPSA) is 48.0 Å². The minimum Gasteiger partial charge on any atom is -0.444 e. The average molecular weight is 363 g/mol. The summed E-state index contributed by atoms with van der Waals surface area (Å²) in [6, 6.07) is 8.39. The molecule has 146 valence electrons. The molecule has 0 spiro atoms. The quantitative estimate of drug-likeness (QED) is 0.676. The fraction of sp³-hybridized carbons (Fsp3) is 0.667. The molecule has 1 amide bonds. The zero-order valence-electron chi connectivity index (χ0n) is 16.8. The molecule has 1 aromatic carbocycles. The Morgan fingerprint density at radius 3 is 2.31 bits per heavy atom. The highest BCUT2D eigenvalue weighted by Crippen LogP contribution is 2.29. The Balaban J connectivity index is 2.02. The third-order valence-corrected chi connectivity index (χ3v) is 4.39. The lowest BCUT2D eigenvalue weighted by atomic mass is 9.90. The standard InChI is InChI=1S/C21H33NO4/c1-6-24-19(25-7-2)17-12-10-16(11-13-17)18-9-8-14-22(15-18)20(23)26-21(3,4)5/h10-13,18-19H,6-9,14-15H2,1-5H3/t18-/m0/s1. The summed E-state index contributed by atoms with van der Waals surface area (Å²) in [7, 11) is 0. The molecule has 1 aliphatic rings. The molecule has 0 unspecified atom stereocenters. The summed E-state index contributed by atoms with van der Waals surface area (Å²) < 4.78 is 16.8. The molecule has 2 rings (SSSR count). The van der Waals surface area contributed by atoms with E-state index in [2.05, 4.69) is 24.3 Å². The van der Waals surface area contributed by atoms with E-state index in [1.807, 2.05) is 39.5 Å². The lowest BCUT2D eigenvalue weighted by Crippen LogP contribution is -2.42. The van der Waals surface area contributed by atoms with Gasteiger partial charge in [0.25, 0.3) is 0 Å². The van der Waals surface area contributed by atoms with Crippen LogP contribution in [0.3, 0.4) is 0 Å². The van der Waals surface area contributed by atoms with E-state index in [9.17, 15) is 4.79 Å². The number of likely N-dealkylation sites (tertiary alicyclic amines) is 1. The fourth-order valence-electron chi connectivity index (χ4n) is 3.21. The number of nitrogens with zero attached hydrogens (tertiary/aromatic N) is 1. The molecule has 1 aliphatic heterocycles. The van der Waals surface area contributed by atoms with Crippen molar-refractivity contribution in [2.24, 2.45) is 0 Å². The zero-order chi connectivity index (χ0) is 19.2. The van der Waals surface area contributed by atoms with Gasteiger partial charge in [-0.25, -0.2) is 4.79 Å². The van der Waals surface area contributed by atoms with E-state index in [0.717, 1.165) is 24.9 Å². The summed E-state index contributed by atoms with van der Waals surface area (Å²) in [5.41, 5.74) is 1.81. The van der Waals surface area contributed by atoms with Crippen LogP contribution in [-0.4, -0.2) is 42.9 Å². The summed E-state index contributed by atoms with van der Waals surface area (Å²) >= 11 is 0. The summed E-state index contributed by atoms with van der Waals surface area (Å²) in [5, 5.41) is 0. The van der Waals surface area contributed by atoms with Crippen LogP contribution in [0.2, 0.25) is 0 Å². The van der Waals surface area contributed by atoms with Crippen LogP contribution in [0.4, 0.5) is 4.79 Å². The molecule has 5 nitrogen and oxygen atoms in total. The van der Waals surface area contributed by atoms with Gasteiger partial charge in [-0.05, 0) is 53.0 Å². The summed E-state index contributed by atoms with van der Waals surface area (Å²) in [5.74, 6) is 0.336. The van der Waals surface area contributed by atoms with Crippen molar-refractivity contribution in [1.29, 1.82) is 0 Å². The van der Waals surface area contributed by atoms with Crippen molar-refractivity contribution in [1.82, 2.24) is 4.90 Å². The molecule has 1 saturated heterocycles. The molecule has 1 fully saturated rings. The molecular weight excluding hydrogens is 330 g/mol. The van der Waals surface area contributed by atoms with Gasteiger partial charge in [0.1, 0.15) is 5.60 Å². The van der Waals surface area contributed by atoms with Gasteiger partial charge in [0.2, 0.25) is 0 Å². The molecule has 0 radical (unpaired) electrons. The highest BCUT2D eigenvalue weighted by Gasteiger charge is 2.28. The van der Waals surface area contributed by atoms with Crippen LogP contribution in [0.15, 0.2) is 24.3 Å². The van der Waals surface area contributed by atoms with E-state index in [4.69, 9.17) is 14.2 Å². The molecule has 1 heterocycles. The molecule has 0 aliphatic carbocycles. The first-order valence-corrected chi connectivity index (χ1v) is 9.65. The zero-order valence-corrected chi connectivity index (χ0v) is 16.8. The van der Waals surface area contributed by atoms with Gasteiger partial charge >= 0.3 is 6.09 Å². The lowest BCUT2D eigenvalue weighted by molar-refractivity contribution is -0.140. The number of amides is 1. The maximum atomic E-state index is 12.3. The Kier molecular flexibility index (Phi) is 7.47. The highest BCUT2D eigenvalue weighted by atomic mass is 16.7. The highest BCUT2D eigenvalue weighted by molar-refractivity contribution is 5.68.